The Morgan fingerprint density at radius 3 is 2.79 bits per heavy atom. The van der Waals surface area contributed by atoms with E-state index < -0.39 is 5.82 Å². The van der Waals surface area contributed by atoms with Crippen LogP contribution in [0, 0.1) is 5.82 Å². The zero-order valence-electron chi connectivity index (χ0n) is 12.3. The molecule has 120 valence electrons. The van der Waals surface area contributed by atoms with E-state index in [2.05, 4.69) is 20.4 Å². The summed E-state index contributed by atoms with van der Waals surface area (Å²) in [4.78, 5) is 9.26. The fourth-order valence-electron chi connectivity index (χ4n) is 2.24. The fraction of sp³-hybridized carbons (Fsp3) is 0.0625. The first-order valence-corrected chi connectivity index (χ1v) is 8.33. The number of hydrogen-bond acceptors (Lipinski definition) is 5. The smallest absolute Gasteiger partial charge is 0.214 e. The lowest BCUT2D eigenvalue weighted by molar-refractivity contribution is 0.628. The van der Waals surface area contributed by atoms with Crippen LogP contribution in [-0.2, 0) is 6.54 Å². The molecule has 1 aromatic carbocycles. The minimum atomic E-state index is -0.442. The first-order chi connectivity index (χ1) is 11.7. The van der Waals surface area contributed by atoms with Gasteiger partial charge in [-0.05, 0) is 35.9 Å². The van der Waals surface area contributed by atoms with Crippen LogP contribution in [0.5, 0.6) is 0 Å². The van der Waals surface area contributed by atoms with Gasteiger partial charge in [-0.2, -0.15) is 0 Å². The molecule has 0 aliphatic rings. The second-order valence-electron chi connectivity index (χ2n) is 5.10. The molecule has 0 atom stereocenters. The number of benzene rings is 1. The second kappa shape index (κ2) is 6.18. The third-order valence-electron chi connectivity index (χ3n) is 3.45. The summed E-state index contributed by atoms with van der Waals surface area (Å²) in [6.07, 6.45) is 5.31. The highest BCUT2D eigenvalue weighted by Crippen LogP contribution is 2.27. The maximum absolute atomic E-state index is 13.3. The summed E-state index contributed by atoms with van der Waals surface area (Å²) in [5.74, 6) is -0.442. The molecular formula is C16H11ClFN5S. The molecule has 8 heteroatoms. The Morgan fingerprint density at radius 2 is 2.04 bits per heavy atom. The first-order valence-electron chi connectivity index (χ1n) is 7.13. The molecule has 0 aliphatic carbocycles. The van der Waals surface area contributed by atoms with Gasteiger partial charge in [0.25, 0.3) is 0 Å². The molecule has 0 unspecified atom stereocenters. The molecule has 5 nitrogen and oxygen atoms in total. The van der Waals surface area contributed by atoms with Crippen molar-refractivity contribution in [2.75, 3.05) is 5.32 Å². The quantitative estimate of drug-likeness (QED) is 0.591. The zero-order valence-corrected chi connectivity index (χ0v) is 13.9. The van der Waals surface area contributed by atoms with Gasteiger partial charge in [-0.1, -0.05) is 22.9 Å². The molecule has 0 saturated heterocycles. The van der Waals surface area contributed by atoms with E-state index in [1.54, 1.807) is 35.2 Å². The average molecular weight is 360 g/mol. The van der Waals surface area contributed by atoms with Crippen molar-refractivity contribution in [2.24, 2.45) is 0 Å². The summed E-state index contributed by atoms with van der Waals surface area (Å²) in [6, 6.07) is 8.44. The van der Waals surface area contributed by atoms with Gasteiger partial charge in [0.05, 0.1) is 16.9 Å². The van der Waals surface area contributed by atoms with Crippen molar-refractivity contribution in [3.63, 3.8) is 0 Å². The topological polar surface area (TPSA) is 55.1 Å². The Morgan fingerprint density at radius 1 is 1.21 bits per heavy atom. The van der Waals surface area contributed by atoms with Crippen LogP contribution in [0.25, 0.3) is 16.2 Å². The number of pyridine rings is 1. The van der Waals surface area contributed by atoms with Crippen LogP contribution < -0.4 is 5.32 Å². The van der Waals surface area contributed by atoms with Gasteiger partial charge in [0.1, 0.15) is 5.82 Å². The Balaban J connectivity index is 1.55. The molecular weight excluding hydrogens is 349 g/mol. The largest absolute Gasteiger partial charge is 0.356 e. The van der Waals surface area contributed by atoms with Crippen molar-refractivity contribution in [2.45, 2.75) is 6.54 Å². The van der Waals surface area contributed by atoms with Gasteiger partial charge in [-0.25, -0.2) is 13.9 Å². The van der Waals surface area contributed by atoms with Crippen LogP contribution in [0.4, 0.5) is 9.52 Å². The molecule has 0 radical (unpaired) electrons. The number of nitrogens with zero attached hydrogens (tertiary/aromatic N) is 4. The molecule has 24 heavy (non-hydrogen) atoms. The summed E-state index contributed by atoms with van der Waals surface area (Å²) < 4.78 is 15.0. The Labute approximate surface area is 145 Å². The number of nitrogens with one attached hydrogen (secondary N) is 1. The van der Waals surface area contributed by atoms with Crippen molar-refractivity contribution in [1.29, 1.82) is 0 Å². The Hall–Kier alpha value is -2.51. The van der Waals surface area contributed by atoms with E-state index in [1.807, 2.05) is 12.1 Å². The highest BCUT2D eigenvalue weighted by molar-refractivity contribution is 7.20. The van der Waals surface area contributed by atoms with E-state index in [4.69, 9.17) is 11.6 Å². The predicted octanol–water partition coefficient (Wildman–Crippen LogP) is 4.26. The average Bonchev–Trinajstić information content (AvgIpc) is 3.15. The highest BCUT2D eigenvalue weighted by Gasteiger charge is 2.11. The van der Waals surface area contributed by atoms with Crippen LogP contribution in [0.15, 0.2) is 48.9 Å². The van der Waals surface area contributed by atoms with Crippen molar-refractivity contribution in [3.8, 4) is 11.3 Å². The van der Waals surface area contributed by atoms with Gasteiger partial charge < -0.3 is 5.32 Å². The SMILES string of the molecule is Fc1ccc(-c2cn3nc(NCc4ccncc4)sc3n2)cc1Cl. The predicted molar refractivity (Wildman–Crippen MR) is 92.8 cm³/mol. The van der Waals surface area contributed by atoms with Crippen molar-refractivity contribution in [3.05, 3.63) is 65.3 Å². The molecule has 0 bridgehead atoms. The summed E-state index contributed by atoms with van der Waals surface area (Å²) >= 11 is 7.27. The van der Waals surface area contributed by atoms with E-state index in [1.165, 1.54) is 17.4 Å². The second-order valence-corrected chi connectivity index (χ2v) is 6.46. The minimum absolute atomic E-state index is 0.0801. The van der Waals surface area contributed by atoms with Gasteiger partial charge in [0.15, 0.2) is 0 Å². The molecule has 3 aromatic heterocycles. The first kappa shape index (κ1) is 15.0. The van der Waals surface area contributed by atoms with Crippen molar-refractivity contribution < 1.29 is 4.39 Å². The van der Waals surface area contributed by atoms with E-state index >= 15 is 0 Å². The summed E-state index contributed by atoms with van der Waals surface area (Å²) in [6.45, 7) is 0.666. The lowest BCUT2D eigenvalue weighted by Gasteiger charge is -2.01. The third kappa shape index (κ3) is 2.95. The molecule has 0 fully saturated rings. The Bertz CT molecular complexity index is 967. The fourth-order valence-corrected chi connectivity index (χ4v) is 3.20. The third-order valence-corrected chi connectivity index (χ3v) is 4.62. The van der Waals surface area contributed by atoms with Gasteiger partial charge in [-0.15, -0.1) is 5.10 Å². The molecule has 3 heterocycles. The maximum Gasteiger partial charge on any atom is 0.214 e. The molecule has 0 aliphatic heterocycles. The number of aromatic nitrogens is 4. The molecule has 0 amide bonds. The summed E-state index contributed by atoms with van der Waals surface area (Å²) in [5.41, 5.74) is 2.58. The lowest BCUT2D eigenvalue weighted by Crippen LogP contribution is -1.99. The van der Waals surface area contributed by atoms with E-state index in [-0.39, 0.29) is 5.02 Å². The van der Waals surface area contributed by atoms with Crippen molar-refractivity contribution in [1.82, 2.24) is 19.6 Å². The van der Waals surface area contributed by atoms with Gasteiger partial charge >= 0.3 is 0 Å². The van der Waals surface area contributed by atoms with Gasteiger partial charge in [0.2, 0.25) is 10.1 Å². The van der Waals surface area contributed by atoms with Crippen LogP contribution in [-0.4, -0.2) is 19.6 Å². The lowest BCUT2D eigenvalue weighted by atomic mass is 10.2. The molecule has 4 aromatic rings. The van der Waals surface area contributed by atoms with Crippen LogP contribution >= 0.6 is 22.9 Å². The number of rotatable bonds is 4. The maximum atomic E-state index is 13.3. The number of halogens is 2. The van der Waals surface area contributed by atoms with Gasteiger partial charge in [0, 0.05) is 24.5 Å². The standard InChI is InChI=1S/C16H11ClFN5S/c17-12-7-11(1-2-13(12)18)14-9-23-16(21-14)24-15(22-23)20-8-10-3-5-19-6-4-10/h1-7,9H,8H2,(H,20,22). The normalized spacial score (nSPS) is 11.1. The van der Waals surface area contributed by atoms with Crippen LogP contribution in [0.2, 0.25) is 5.02 Å². The number of fused-ring (bicyclic) bond motifs is 1. The van der Waals surface area contributed by atoms with Crippen molar-refractivity contribution >= 4 is 33.0 Å². The molecule has 1 N–H and O–H groups in total. The number of imidazole rings is 1. The van der Waals surface area contributed by atoms with Crippen LogP contribution in [0.3, 0.4) is 0 Å². The highest BCUT2D eigenvalue weighted by atomic mass is 35.5. The monoisotopic (exact) mass is 359 g/mol. The number of anilines is 1. The zero-order chi connectivity index (χ0) is 16.5. The Kier molecular flexibility index (Phi) is 3.87. The molecule has 0 saturated carbocycles. The van der Waals surface area contributed by atoms with E-state index in [0.717, 1.165) is 21.2 Å². The van der Waals surface area contributed by atoms with E-state index in [0.29, 0.717) is 12.2 Å². The number of hydrogen-bond donors (Lipinski definition) is 1. The minimum Gasteiger partial charge on any atom is -0.356 e. The summed E-state index contributed by atoms with van der Waals surface area (Å²) in [5, 5.41) is 8.57. The molecule has 4 rings (SSSR count). The van der Waals surface area contributed by atoms with Gasteiger partial charge in [-0.3, -0.25) is 4.98 Å². The molecule has 0 spiro atoms. The van der Waals surface area contributed by atoms with Crippen LogP contribution in [0.1, 0.15) is 5.56 Å². The van der Waals surface area contributed by atoms with E-state index in [9.17, 15) is 4.39 Å². The summed E-state index contributed by atoms with van der Waals surface area (Å²) in [7, 11) is 0.